The van der Waals surface area contributed by atoms with Gasteiger partial charge in [0.1, 0.15) is 0 Å². The van der Waals surface area contributed by atoms with Crippen molar-refractivity contribution in [2.45, 2.75) is 76.4 Å². The largest absolute Gasteiger partial charge is 0.351 e. The van der Waals surface area contributed by atoms with Crippen LogP contribution in [0.1, 0.15) is 64.3 Å². The zero-order valence-electron chi connectivity index (χ0n) is 15.9. The fourth-order valence-corrected chi connectivity index (χ4v) is 4.16. The molecule has 148 valence electrons. The van der Waals surface area contributed by atoms with Crippen molar-refractivity contribution in [3.63, 3.8) is 0 Å². The van der Waals surface area contributed by atoms with Crippen LogP contribution in [0.3, 0.4) is 0 Å². The van der Waals surface area contributed by atoms with Crippen molar-refractivity contribution in [2.75, 3.05) is 17.3 Å². The van der Waals surface area contributed by atoms with Gasteiger partial charge in [-0.05, 0) is 45.4 Å². The third-order valence-electron chi connectivity index (χ3n) is 5.78. The fraction of sp³-hybridized carbons (Fsp3) is 0.722. The molecule has 0 saturated heterocycles. The Bertz CT molecular complexity index is 764. The zero-order valence-corrected chi connectivity index (χ0v) is 15.9. The van der Waals surface area contributed by atoms with Crippen LogP contribution in [0.25, 0.3) is 11.2 Å². The van der Waals surface area contributed by atoms with Crippen LogP contribution in [0.4, 0.5) is 11.8 Å². The third kappa shape index (κ3) is 3.99. The molecule has 4 rings (SSSR count). The molecule has 9 heteroatoms. The van der Waals surface area contributed by atoms with Gasteiger partial charge in [-0.15, -0.1) is 5.17 Å². The van der Waals surface area contributed by atoms with E-state index in [0.29, 0.717) is 42.0 Å². The van der Waals surface area contributed by atoms with E-state index in [0.717, 1.165) is 49.3 Å². The van der Waals surface area contributed by atoms with Gasteiger partial charge < -0.3 is 15.6 Å². The maximum Gasteiger partial charge on any atom is 0.227 e. The lowest BCUT2D eigenvalue weighted by atomic mass is 9.92. The van der Waals surface area contributed by atoms with Gasteiger partial charge in [0.25, 0.3) is 0 Å². The van der Waals surface area contributed by atoms with Crippen LogP contribution in [-0.4, -0.2) is 48.5 Å². The number of fused-ring (bicyclic) bond motifs is 1. The second-order valence-electron chi connectivity index (χ2n) is 7.74. The number of nitrogens with zero attached hydrogens (tertiary/aromatic N) is 5. The van der Waals surface area contributed by atoms with Crippen LogP contribution in [0.15, 0.2) is 6.33 Å². The summed E-state index contributed by atoms with van der Waals surface area (Å²) >= 11 is 0. The minimum Gasteiger partial charge on any atom is -0.351 e. The van der Waals surface area contributed by atoms with Gasteiger partial charge in [0.2, 0.25) is 5.95 Å². The Morgan fingerprint density at radius 2 is 1.93 bits per heavy atom. The smallest absolute Gasteiger partial charge is 0.227 e. The molecular weight excluding hydrogens is 344 g/mol. The molecule has 0 amide bonds. The lowest BCUT2D eigenvalue weighted by Crippen LogP contribution is -2.33. The summed E-state index contributed by atoms with van der Waals surface area (Å²) in [7, 11) is 0. The number of hydrogen-bond donors (Lipinski definition) is 4. The first-order valence-electron chi connectivity index (χ1n) is 10.1. The minimum absolute atomic E-state index is 0.306. The summed E-state index contributed by atoms with van der Waals surface area (Å²) in [5.41, 5.74) is 10.5. The van der Waals surface area contributed by atoms with E-state index >= 15 is 0 Å². The van der Waals surface area contributed by atoms with E-state index < -0.39 is 0 Å². The molecule has 2 aromatic heterocycles. The monoisotopic (exact) mass is 374 g/mol. The SMILES string of the molecule is CCN(O)Nc1nc(NC2CCC(N)CC2)nc2c1ncn2C1CCCC1. The number of rotatable bonds is 6. The van der Waals surface area contributed by atoms with E-state index in [-0.39, 0.29) is 0 Å². The van der Waals surface area contributed by atoms with Crippen molar-refractivity contribution in [3.8, 4) is 0 Å². The van der Waals surface area contributed by atoms with E-state index in [1.54, 1.807) is 0 Å². The van der Waals surface area contributed by atoms with E-state index in [1.807, 2.05) is 13.3 Å². The average molecular weight is 374 g/mol. The van der Waals surface area contributed by atoms with Crippen molar-refractivity contribution >= 4 is 22.9 Å². The molecule has 2 aliphatic rings. The highest BCUT2D eigenvalue weighted by Crippen LogP contribution is 2.33. The molecule has 2 aromatic rings. The van der Waals surface area contributed by atoms with E-state index in [2.05, 4.69) is 25.3 Å². The Hall–Kier alpha value is -1.97. The van der Waals surface area contributed by atoms with Gasteiger partial charge in [-0.1, -0.05) is 12.8 Å². The fourth-order valence-electron chi connectivity index (χ4n) is 4.16. The molecule has 0 unspecified atom stereocenters. The number of aromatic nitrogens is 4. The van der Waals surface area contributed by atoms with E-state index in [1.165, 1.54) is 12.8 Å². The molecule has 0 aromatic carbocycles. The summed E-state index contributed by atoms with van der Waals surface area (Å²) in [6, 6.07) is 1.07. The quantitative estimate of drug-likeness (QED) is 0.570. The van der Waals surface area contributed by atoms with Crippen molar-refractivity contribution < 1.29 is 5.21 Å². The van der Waals surface area contributed by atoms with Crippen LogP contribution in [0, 0.1) is 0 Å². The number of anilines is 2. The van der Waals surface area contributed by atoms with Crippen molar-refractivity contribution in [1.82, 2.24) is 24.7 Å². The van der Waals surface area contributed by atoms with Crippen molar-refractivity contribution in [3.05, 3.63) is 6.33 Å². The maximum atomic E-state index is 9.92. The van der Waals surface area contributed by atoms with Gasteiger partial charge in [0.15, 0.2) is 17.0 Å². The first-order chi connectivity index (χ1) is 13.1. The second kappa shape index (κ2) is 7.95. The van der Waals surface area contributed by atoms with Crippen molar-refractivity contribution in [2.24, 2.45) is 5.73 Å². The molecule has 27 heavy (non-hydrogen) atoms. The Labute approximate surface area is 159 Å². The molecule has 2 fully saturated rings. The highest BCUT2D eigenvalue weighted by Gasteiger charge is 2.24. The lowest BCUT2D eigenvalue weighted by Gasteiger charge is -2.27. The minimum atomic E-state index is 0.306. The Morgan fingerprint density at radius 1 is 1.19 bits per heavy atom. The molecule has 2 heterocycles. The molecule has 9 nitrogen and oxygen atoms in total. The average Bonchev–Trinajstić information content (AvgIpc) is 3.33. The van der Waals surface area contributed by atoms with Crippen LogP contribution in [0.5, 0.6) is 0 Å². The summed E-state index contributed by atoms with van der Waals surface area (Å²) in [6.45, 7) is 2.28. The third-order valence-corrected chi connectivity index (χ3v) is 5.78. The van der Waals surface area contributed by atoms with Gasteiger partial charge in [0.05, 0.1) is 6.33 Å². The molecular formula is C18H30N8O. The molecule has 0 atom stereocenters. The number of nitrogens with two attached hydrogens (primary N) is 1. The van der Waals surface area contributed by atoms with Crippen LogP contribution >= 0.6 is 0 Å². The Kier molecular flexibility index (Phi) is 5.42. The summed E-state index contributed by atoms with van der Waals surface area (Å²) in [6.07, 6.45) is 10.7. The van der Waals surface area contributed by atoms with Gasteiger partial charge in [-0.25, -0.2) is 4.98 Å². The highest BCUT2D eigenvalue weighted by atomic mass is 16.5. The molecule has 0 bridgehead atoms. The van der Waals surface area contributed by atoms with Crippen LogP contribution in [0.2, 0.25) is 0 Å². The van der Waals surface area contributed by atoms with Gasteiger partial charge >= 0.3 is 0 Å². The Morgan fingerprint density at radius 3 is 2.63 bits per heavy atom. The predicted octanol–water partition coefficient (Wildman–Crippen LogP) is 2.66. The van der Waals surface area contributed by atoms with Crippen molar-refractivity contribution in [1.29, 1.82) is 0 Å². The number of hydrogen-bond acceptors (Lipinski definition) is 8. The topological polar surface area (TPSA) is 117 Å². The van der Waals surface area contributed by atoms with E-state index in [4.69, 9.17) is 10.7 Å². The summed E-state index contributed by atoms with van der Waals surface area (Å²) in [5, 5.41) is 14.4. The maximum absolute atomic E-state index is 9.92. The highest BCUT2D eigenvalue weighted by molar-refractivity contribution is 5.84. The number of nitrogens with one attached hydrogen (secondary N) is 2. The van der Waals surface area contributed by atoms with Gasteiger partial charge in [-0.2, -0.15) is 9.97 Å². The first-order valence-corrected chi connectivity index (χ1v) is 10.1. The summed E-state index contributed by atoms with van der Waals surface area (Å²) in [5.74, 6) is 1.10. The normalized spacial score (nSPS) is 24.0. The van der Waals surface area contributed by atoms with Crippen LogP contribution < -0.4 is 16.5 Å². The second-order valence-corrected chi connectivity index (χ2v) is 7.74. The van der Waals surface area contributed by atoms with E-state index in [9.17, 15) is 5.21 Å². The standard InChI is InChI=1S/C18H30N8O/c1-2-26(27)24-16-15-17(25(11-20-15)14-5-3-4-6-14)23-18(22-16)21-13-9-7-12(19)8-10-13/h11-14,27H,2-10,19H2,1H3,(H2,21,22,23,24). The predicted molar refractivity (Wildman–Crippen MR) is 104 cm³/mol. The van der Waals surface area contributed by atoms with Crippen LogP contribution in [-0.2, 0) is 0 Å². The summed E-state index contributed by atoms with van der Waals surface area (Å²) in [4.78, 5) is 13.9. The molecule has 0 aliphatic heterocycles. The molecule has 5 N–H and O–H groups in total. The summed E-state index contributed by atoms with van der Waals surface area (Å²) < 4.78 is 2.17. The number of hydrazine groups is 1. The molecule has 0 spiro atoms. The number of hydroxylamine groups is 1. The lowest BCUT2D eigenvalue weighted by molar-refractivity contribution is -0.0609. The first kappa shape index (κ1) is 18.4. The molecule has 2 aliphatic carbocycles. The number of imidazole rings is 1. The zero-order chi connectivity index (χ0) is 18.8. The molecule has 2 saturated carbocycles. The Balaban J connectivity index is 1.66. The molecule has 0 radical (unpaired) electrons. The van der Waals surface area contributed by atoms with Gasteiger partial charge in [-0.3, -0.25) is 10.6 Å². The van der Waals surface area contributed by atoms with Gasteiger partial charge in [0, 0.05) is 24.7 Å².